The minimum Gasteiger partial charge on any atom is -0.478 e. The summed E-state index contributed by atoms with van der Waals surface area (Å²) in [4.78, 5) is 22.7. The van der Waals surface area contributed by atoms with Gasteiger partial charge in [-0.05, 0) is 24.6 Å². The molecule has 100 valence electrons. The van der Waals surface area contributed by atoms with Gasteiger partial charge in [0.2, 0.25) is 0 Å². The van der Waals surface area contributed by atoms with Crippen molar-refractivity contribution in [3.8, 4) is 12.3 Å². The zero-order chi connectivity index (χ0) is 14.4. The van der Waals surface area contributed by atoms with E-state index in [1.165, 1.54) is 12.1 Å². The maximum atomic E-state index is 11.7. The lowest BCUT2D eigenvalue weighted by Gasteiger charge is -2.13. The Morgan fingerprint density at radius 2 is 2.21 bits per heavy atom. The number of carboxylic acid groups (broad SMARTS) is 1. The molecule has 1 rings (SSSR count). The molecule has 0 fully saturated rings. The molecule has 1 atom stereocenters. The summed E-state index contributed by atoms with van der Waals surface area (Å²) in [5.74, 6) is 1.30. The minimum absolute atomic E-state index is 0.00658. The van der Waals surface area contributed by atoms with Gasteiger partial charge in [0.1, 0.15) is 0 Å². The van der Waals surface area contributed by atoms with Crippen LogP contribution >= 0.6 is 15.9 Å². The van der Waals surface area contributed by atoms with Crippen LogP contribution in [-0.4, -0.2) is 23.1 Å². The summed E-state index contributed by atoms with van der Waals surface area (Å²) in [7, 11) is 0. The number of terminal acetylenes is 1. The fourth-order valence-electron chi connectivity index (χ4n) is 1.38. The van der Waals surface area contributed by atoms with E-state index in [1.54, 1.807) is 6.07 Å². The summed E-state index contributed by atoms with van der Waals surface area (Å²) in [6, 6.07) is 3.58. The molecule has 5 nitrogen and oxygen atoms in total. The van der Waals surface area contributed by atoms with Gasteiger partial charge in [-0.25, -0.2) is 9.59 Å². The van der Waals surface area contributed by atoms with Crippen LogP contribution in [-0.2, 0) is 0 Å². The first kappa shape index (κ1) is 15.1. The molecule has 0 heterocycles. The first-order valence-corrected chi connectivity index (χ1v) is 6.33. The highest BCUT2D eigenvalue weighted by atomic mass is 79.9. The molecule has 0 saturated carbocycles. The average molecular weight is 325 g/mol. The number of anilines is 1. The molecule has 0 bridgehead atoms. The standard InChI is InChI=1S/C13H13BrN2O3/c1-3-9(4-2)15-13(19)16-11-7-8(14)5-6-10(11)12(17)18/h1,5-7,9H,4H2,2H3,(H,17,18)(H2,15,16,19). The molecule has 2 amide bonds. The van der Waals surface area contributed by atoms with E-state index < -0.39 is 12.0 Å². The predicted molar refractivity (Wildman–Crippen MR) is 76.2 cm³/mol. The monoisotopic (exact) mass is 324 g/mol. The van der Waals surface area contributed by atoms with Crippen molar-refractivity contribution in [2.45, 2.75) is 19.4 Å². The van der Waals surface area contributed by atoms with Crippen molar-refractivity contribution in [3.63, 3.8) is 0 Å². The second kappa shape index (κ2) is 6.81. The number of hydrogen-bond acceptors (Lipinski definition) is 2. The third-order valence-electron chi connectivity index (χ3n) is 2.37. The zero-order valence-electron chi connectivity index (χ0n) is 10.2. The summed E-state index contributed by atoms with van der Waals surface area (Å²) in [6.07, 6.45) is 5.82. The van der Waals surface area contributed by atoms with Crippen molar-refractivity contribution < 1.29 is 14.7 Å². The normalized spacial score (nSPS) is 11.2. The maximum Gasteiger partial charge on any atom is 0.337 e. The van der Waals surface area contributed by atoms with Crippen LogP contribution in [0.2, 0.25) is 0 Å². The highest BCUT2D eigenvalue weighted by Crippen LogP contribution is 2.21. The van der Waals surface area contributed by atoms with Gasteiger partial charge in [-0.3, -0.25) is 0 Å². The van der Waals surface area contributed by atoms with Gasteiger partial charge in [0.15, 0.2) is 0 Å². The molecular weight excluding hydrogens is 312 g/mol. The number of carbonyl (C=O) groups excluding carboxylic acids is 1. The Hall–Kier alpha value is -2.00. The van der Waals surface area contributed by atoms with Crippen molar-refractivity contribution in [3.05, 3.63) is 28.2 Å². The van der Waals surface area contributed by atoms with Crippen molar-refractivity contribution in [2.24, 2.45) is 0 Å². The molecule has 0 aliphatic heterocycles. The zero-order valence-corrected chi connectivity index (χ0v) is 11.8. The highest BCUT2D eigenvalue weighted by Gasteiger charge is 2.14. The lowest BCUT2D eigenvalue weighted by atomic mass is 10.2. The molecule has 1 aromatic rings. The molecule has 1 aromatic carbocycles. The molecule has 0 spiro atoms. The fraction of sp³-hybridized carbons (Fsp3) is 0.231. The van der Waals surface area contributed by atoms with Gasteiger partial charge in [-0.15, -0.1) is 6.42 Å². The van der Waals surface area contributed by atoms with Crippen LogP contribution in [0.3, 0.4) is 0 Å². The number of benzene rings is 1. The first-order chi connectivity index (χ1) is 8.97. The summed E-state index contributed by atoms with van der Waals surface area (Å²) < 4.78 is 0.664. The molecule has 3 N–H and O–H groups in total. The highest BCUT2D eigenvalue weighted by molar-refractivity contribution is 9.10. The summed E-state index contributed by atoms with van der Waals surface area (Å²) in [5.41, 5.74) is 0.207. The van der Waals surface area contributed by atoms with Crippen molar-refractivity contribution in [1.82, 2.24) is 5.32 Å². The SMILES string of the molecule is C#CC(CC)NC(=O)Nc1cc(Br)ccc1C(=O)O. The Kier molecular flexibility index (Phi) is 5.39. The van der Waals surface area contributed by atoms with Gasteiger partial charge >= 0.3 is 12.0 Å². The molecule has 0 aliphatic rings. The van der Waals surface area contributed by atoms with E-state index in [0.717, 1.165) is 0 Å². The molecule has 0 saturated heterocycles. The summed E-state index contributed by atoms with van der Waals surface area (Å²) in [6.45, 7) is 1.84. The number of hydrogen-bond donors (Lipinski definition) is 3. The molecule has 0 radical (unpaired) electrons. The second-order valence-corrected chi connectivity index (χ2v) is 4.64. The van der Waals surface area contributed by atoms with Crippen molar-refractivity contribution in [1.29, 1.82) is 0 Å². The number of rotatable bonds is 4. The van der Waals surface area contributed by atoms with E-state index in [2.05, 4.69) is 32.5 Å². The number of nitrogens with one attached hydrogen (secondary N) is 2. The Balaban J connectivity index is 2.87. The van der Waals surface area contributed by atoms with Crippen LogP contribution in [0.1, 0.15) is 23.7 Å². The molecule has 19 heavy (non-hydrogen) atoms. The lowest BCUT2D eigenvalue weighted by molar-refractivity contribution is 0.0698. The van der Waals surface area contributed by atoms with Gasteiger partial charge in [0.05, 0.1) is 17.3 Å². The number of urea groups is 1. The summed E-state index contributed by atoms with van der Waals surface area (Å²) in [5, 5.41) is 14.1. The Morgan fingerprint density at radius 1 is 1.53 bits per heavy atom. The topological polar surface area (TPSA) is 78.4 Å². The van der Waals surface area contributed by atoms with Crippen molar-refractivity contribution >= 4 is 33.6 Å². The number of carboxylic acids is 1. The van der Waals surface area contributed by atoms with Gasteiger partial charge in [0, 0.05) is 4.47 Å². The van der Waals surface area contributed by atoms with Gasteiger partial charge in [0.25, 0.3) is 0 Å². The van der Waals surface area contributed by atoms with Gasteiger partial charge in [-0.2, -0.15) is 0 Å². The van der Waals surface area contributed by atoms with Crippen LogP contribution in [0.15, 0.2) is 22.7 Å². The number of aromatic carboxylic acids is 1. The van der Waals surface area contributed by atoms with Gasteiger partial charge in [-0.1, -0.05) is 28.8 Å². The van der Waals surface area contributed by atoms with Crippen LogP contribution in [0.4, 0.5) is 10.5 Å². The van der Waals surface area contributed by atoms with E-state index >= 15 is 0 Å². The summed E-state index contributed by atoms with van der Waals surface area (Å²) >= 11 is 3.22. The van der Waals surface area contributed by atoms with Crippen LogP contribution in [0.5, 0.6) is 0 Å². The Morgan fingerprint density at radius 3 is 2.74 bits per heavy atom. The quantitative estimate of drug-likeness (QED) is 0.745. The average Bonchev–Trinajstić information content (AvgIpc) is 2.35. The molecule has 0 aliphatic carbocycles. The van der Waals surface area contributed by atoms with Crippen LogP contribution in [0.25, 0.3) is 0 Å². The van der Waals surface area contributed by atoms with Gasteiger partial charge < -0.3 is 15.7 Å². The molecule has 6 heteroatoms. The van der Waals surface area contributed by atoms with E-state index in [9.17, 15) is 9.59 Å². The predicted octanol–water partition coefficient (Wildman–Crippen LogP) is 2.68. The third-order valence-corrected chi connectivity index (χ3v) is 2.87. The lowest BCUT2D eigenvalue weighted by Crippen LogP contribution is -2.36. The molecule has 1 unspecified atom stereocenters. The number of amides is 2. The third kappa shape index (κ3) is 4.30. The van der Waals surface area contributed by atoms with Crippen LogP contribution < -0.4 is 10.6 Å². The number of halogens is 1. The minimum atomic E-state index is -1.12. The molecule has 0 aromatic heterocycles. The van der Waals surface area contributed by atoms with E-state index in [4.69, 9.17) is 11.5 Å². The number of carbonyl (C=O) groups is 2. The van der Waals surface area contributed by atoms with E-state index in [0.29, 0.717) is 10.9 Å². The Labute approximate surface area is 119 Å². The van der Waals surface area contributed by atoms with Crippen molar-refractivity contribution in [2.75, 3.05) is 5.32 Å². The first-order valence-electron chi connectivity index (χ1n) is 5.54. The largest absolute Gasteiger partial charge is 0.478 e. The maximum absolute atomic E-state index is 11.7. The van der Waals surface area contributed by atoms with Crippen LogP contribution in [0, 0.1) is 12.3 Å². The fourth-order valence-corrected chi connectivity index (χ4v) is 1.75. The smallest absolute Gasteiger partial charge is 0.337 e. The molecular formula is C13H13BrN2O3. The van der Waals surface area contributed by atoms with E-state index in [-0.39, 0.29) is 17.3 Å². The second-order valence-electron chi connectivity index (χ2n) is 3.72. The Bertz CT molecular complexity index is 537. The van der Waals surface area contributed by atoms with E-state index in [1.807, 2.05) is 6.92 Å².